The van der Waals surface area contributed by atoms with Crippen LogP contribution in [0.15, 0.2) is 0 Å². The molecule has 0 radical (unpaired) electrons. The summed E-state index contributed by atoms with van der Waals surface area (Å²) in [5.41, 5.74) is 0.0824. The van der Waals surface area contributed by atoms with Gasteiger partial charge < -0.3 is 18.6 Å². The second-order valence-corrected chi connectivity index (χ2v) is 13.3. The summed E-state index contributed by atoms with van der Waals surface area (Å²) < 4.78 is 18.0. The third-order valence-electron chi connectivity index (χ3n) is 6.78. The smallest absolute Gasteiger partial charge is 0.374 e. The van der Waals surface area contributed by atoms with Gasteiger partial charge in [-0.25, -0.2) is 0 Å². The first-order valence-corrected chi connectivity index (χ1v) is 17.0. The molecule has 0 unspecified atom stereocenters. The molecule has 0 saturated carbocycles. The molecule has 1 N–H and O–H groups in total. The van der Waals surface area contributed by atoms with Gasteiger partial charge in [0.25, 0.3) is 0 Å². The highest BCUT2D eigenvalue weighted by atomic mass is 28.4. The Labute approximate surface area is 216 Å². The number of nitrogens with one attached hydrogen (secondary N) is 1. The molecule has 0 fully saturated rings. The zero-order valence-electron chi connectivity index (χ0n) is 24.3. The Morgan fingerprint density at radius 1 is 0.529 bits per heavy atom. The molecule has 0 aromatic heterocycles. The second-order valence-electron chi connectivity index (χ2n) is 10.6. The molecule has 0 bridgehead atoms. The predicted octanol–water partition coefficient (Wildman–Crippen LogP) is 9.05. The molecular weight excluding hydrogens is 438 g/mol. The first-order valence-electron chi connectivity index (χ1n) is 15.1. The summed E-state index contributed by atoms with van der Waals surface area (Å²) in [7, 11) is -2.54. The van der Waals surface area contributed by atoms with Crippen molar-refractivity contribution >= 4 is 8.80 Å². The van der Waals surface area contributed by atoms with Gasteiger partial charge in [-0.3, -0.25) is 0 Å². The third-order valence-corrected chi connectivity index (χ3v) is 9.83. The molecule has 0 aliphatic heterocycles. The normalized spacial score (nSPS) is 12.5. The lowest BCUT2D eigenvalue weighted by molar-refractivity contribution is 0.0688. The molecule has 0 rings (SSSR count). The van der Waals surface area contributed by atoms with Gasteiger partial charge in [-0.15, -0.1) is 0 Å². The van der Waals surface area contributed by atoms with Crippen LogP contribution in [-0.4, -0.2) is 40.7 Å². The summed E-state index contributed by atoms with van der Waals surface area (Å²) in [6.45, 7) is 16.0. The Balaban J connectivity index is 3.67. The van der Waals surface area contributed by atoms with E-state index in [2.05, 4.69) is 26.1 Å². The zero-order chi connectivity index (χ0) is 25.4. The summed E-state index contributed by atoms with van der Waals surface area (Å²) in [5, 5.41) is 3.76. The van der Waals surface area contributed by atoms with Crippen molar-refractivity contribution in [2.75, 3.05) is 26.4 Å². The minimum absolute atomic E-state index is 0.0824. The fourth-order valence-electron chi connectivity index (χ4n) is 4.66. The Kier molecular flexibility index (Phi) is 23.5. The van der Waals surface area contributed by atoms with Crippen LogP contribution < -0.4 is 5.32 Å². The highest BCUT2D eigenvalue weighted by Gasteiger charge is 2.41. The van der Waals surface area contributed by atoms with Gasteiger partial charge in [-0.1, -0.05) is 103 Å². The lowest BCUT2D eigenvalue weighted by atomic mass is 10.0. The maximum Gasteiger partial charge on any atom is 0.500 e. The van der Waals surface area contributed by atoms with Crippen molar-refractivity contribution in [3.05, 3.63) is 0 Å². The molecule has 5 heteroatoms. The third kappa shape index (κ3) is 20.3. The zero-order valence-corrected chi connectivity index (χ0v) is 25.3. The second kappa shape index (κ2) is 23.5. The van der Waals surface area contributed by atoms with Crippen LogP contribution in [0.3, 0.4) is 0 Å². The van der Waals surface area contributed by atoms with E-state index in [0.29, 0.717) is 19.8 Å². The van der Waals surface area contributed by atoms with Gasteiger partial charge in [-0.2, -0.15) is 0 Å². The van der Waals surface area contributed by atoms with E-state index < -0.39 is 8.80 Å². The molecule has 0 atom stereocenters. The molecule has 0 aliphatic carbocycles. The van der Waals surface area contributed by atoms with E-state index in [1.54, 1.807) is 0 Å². The van der Waals surface area contributed by atoms with Crippen molar-refractivity contribution in [2.45, 2.75) is 162 Å². The number of unbranched alkanes of at least 4 members (excludes halogenated alkanes) is 15. The van der Waals surface area contributed by atoms with Crippen LogP contribution >= 0.6 is 0 Å². The Morgan fingerprint density at radius 3 is 1.24 bits per heavy atom. The van der Waals surface area contributed by atoms with Crippen LogP contribution in [0.1, 0.15) is 151 Å². The molecule has 34 heavy (non-hydrogen) atoms. The van der Waals surface area contributed by atoms with Crippen LogP contribution in [0.4, 0.5) is 0 Å². The SMILES string of the molecule is CCCCCCCCCCCCCCCCCCNC(C)(C)CC[Si](OCC)(OCC)OCC. The standard InChI is InChI=1S/C29H63NO3Si/c1-7-11-12-13-14-15-16-17-18-19-20-21-22-23-24-25-27-30-29(5,6)26-28-34(31-8-2,32-9-3)33-10-4/h30H,7-28H2,1-6H3. The topological polar surface area (TPSA) is 39.7 Å². The Morgan fingerprint density at radius 2 is 0.882 bits per heavy atom. The number of hydrogen-bond acceptors (Lipinski definition) is 4. The summed E-state index contributed by atoms with van der Waals surface area (Å²) in [5.74, 6) is 0. The summed E-state index contributed by atoms with van der Waals surface area (Å²) in [6.07, 6.45) is 23.7. The average Bonchev–Trinajstić information content (AvgIpc) is 2.80. The van der Waals surface area contributed by atoms with Crippen LogP contribution in [0.25, 0.3) is 0 Å². The number of rotatable bonds is 27. The maximum atomic E-state index is 6.01. The summed E-state index contributed by atoms with van der Waals surface area (Å²) >= 11 is 0. The van der Waals surface area contributed by atoms with Crippen LogP contribution in [-0.2, 0) is 13.3 Å². The van der Waals surface area contributed by atoms with Crippen LogP contribution in [0.5, 0.6) is 0 Å². The quantitative estimate of drug-likeness (QED) is 0.0900. The minimum Gasteiger partial charge on any atom is -0.374 e. The van der Waals surface area contributed by atoms with E-state index in [9.17, 15) is 0 Å². The van der Waals surface area contributed by atoms with Crippen molar-refractivity contribution in [3.8, 4) is 0 Å². The highest BCUT2D eigenvalue weighted by Crippen LogP contribution is 2.23. The maximum absolute atomic E-state index is 6.01. The van der Waals surface area contributed by atoms with E-state index in [1.807, 2.05) is 20.8 Å². The minimum atomic E-state index is -2.54. The van der Waals surface area contributed by atoms with E-state index in [1.165, 1.54) is 103 Å². The van der Waals surface area contributed by atoms with Crippen molar-refractivity contribution in [1.29, 1.82) is 0 Å². The van der Waals surface area contributed by atoms with Crippen molar-refractivity contribution in [1.82, 2.24) is 5.32 Å². The molecule has 4 nitrogen and oxygen atoms in total. The molecule has 0 saturated heterocycles. The molecule has 206 valence electrons. The fraction of sp³-hybridized carbons (Fsp3) is 1.00. The first kappa shape index (κ1) is 34.1. The van der Waals surface area contributed by atoms with E-state index in [4.69, 9.17) is 13.3 Å². The molecule has 0 amide bonds. The largest absolute Gasteiger partial charge is 0.500 e. The predicted molar refractivity (Wildman–Crippen MR) is 152 cm³/mol. The molecule has 0 spiro atoms. The molecule has 0 aromatic rings. The van der Waals surface area contributed by atoms with Gasteiger partial charge in [0.1, 0.15) is 0 Å². The Hall–Kier alpha value is 0.0569. The molecule has 0 aliphatic rings. The van der Waals surface area contributed by atoms with Gasteiger partial charge in [-0.05, 0) is 54.0 Å². The van der Waals surface area contributed by atoms with Gasteiger partial charge in [0.2, 0.25) is 0 Å². The van der Waals surface area contributed by atoms with E-state index in [0.717, 1.165) is 19.0 Å². The highest BCUT2D eigenvalue weighted by molar-refractivity contribution is 6.60. The van der Waals surface area contributed by atoms with Gasteiger partial charge in [0.05, 0.1) is 0 Å². The van der Waals surface area contributed by atoms with Gasteiger partial charge >= 0.3 is 8.80 Å². The van der Waals surface area contributed by atoms with Crippen LogP contribution in [0.2, 0.25) is 6.04 Å². The number of hydrogen-bond donors (Lipinski definition) is 1. The van der Waals surface area contributed by atoms with E-state index in [-0.39, 0.29) is 5.54 Å². The molecule has 0 aromatic carbocycles. The van der Waals surface area contributed by atoms with Crippen LogP contribution in [0, 0.1) is 0 Å². The monoisotopic (exact) mass is 501 g/mol. The van der Waals surface area contributed by atoms with E-state index >= 15 is 0 Å². The molecule has 0 heterocycles. The lowest BCUT2D eigenvalue weighted by Crippen LogP contribution is -2.49. The average molecular weight is 502 g/mol. The van der Waals surface area contributed by atoms with Gasteiger partial charge in [0.15, 0.2) is 0 Å². The summed E-state index contributed by atoms with van der Waals surface area (Å²) in [6, 6.07) is 0.876. The van der Waals surface area contributed by atoms with Crippen molar-refractivity contribution in [2.24, 2.45) is 0 Å². The van der Waals surface area contributed by atoms with Crippen molar-refractivity contribution in [3.63, 3.8) is 0 Å². The summed E-state index contributed by atoms with van der Waals surface area (Å²) in [4.78, 5) is 0. The van der Waals surface area contributed by atoms with Gasteiger partial charge in [0, 0.05) is 31.4 Å². The first-order chi connectivity index (χ1) is 16.4. The lowest BCUT2D eigenvalue weighted by Gasteiger charge is -2.33. The van der Waals surface area contributed by atoms with Crippen molar-refractivity contribution < 1.29 is 13.3 Å². The molecular formula is C29H63NO3Si. The Bertz CT molecular complexity index is 403. The fourth-order valence-corrected chi connectivity index (χ4v) is 7.59.